The standard InChI is InChI=1S/C24H31N3O3/c28-23-10-4-9-22(25-23)24(29)27-14-5-17-30-21-8-3-6-19(18-21)11-12-20-7-1-2-13-26(20)15-16-27/h3-4,6,8-10,18,20H,1-2,5,7,11-17H2,(H,25,28). The molecule has 1 aromatic heterocycles. The number of hydrogen-bond acceptors (Lipinski definition) is 4. The number of H-pyrrole nitrogens is 1. The lowest BCUT2D eigenvalue weighted by Crippen LogP contribution is -2.46. The third-order valence-corrected chi connectivity index (χ3v) is 6.20. The molecule has 1 saturated heterocycles. The third-order valence-electron chi connectivity index (χ3n) is 6.20. The van der Waals surface area contributed by atoms with Crippen LogP contribution in [-0.4, -0.2) is 59.5 Å². The number of fused-ring (bicyclic) bond motifs is 3. The van der Waals surface area contributed by atoms with Crippen LogP contribution in [0.25, 0.3) is 0 Å². The van der Waals surface area contributed by atoms with E-state index in [0.29, 0.717) is 31.4 Å². The molecule has 1 aromatic carbocycles. The molecule has 1 N–H and O–H groups in total. The van der Waals surface area contributed by atoms with Crippen molar-refractivity contribution in [2.45, 2.75) is 44.6 Å². The number of carbonyl (C=O) groups excluding carboxylic acids is 1. The Kier molecular flexibility index (Phi) is 6.84. The van der Waals surface area contributed by atoms with Gasteiger partial charge in [0, 0.05) is 31.7 Å². The van der Waals surface area contributed by atoms with E-state index in [0.717, 1.165) is 38.1 Å². The highest BCUT2D eigenvalue weighted by Crippen LogP contribution is 2.23. The van der Waals surface area contributed by atoms with E-state index in [2.05, 4.69) is 28.1 Å². The Morgan fingerprint density at radius 2 is 1.87 bits per heavy atom. The van der Waals surface area contributed by atoms with Crippen molar-refractivity contribution in [2.75, 3.05) is 32.8 Å². The number of aromatic nitrogens is 1. The Labute approximate surface area is 177 Å². The fourth-order valence-electron chi connectivity index (χ4n) is 4.56. The summed E-state index contributed by atoms with van der Waals surface area (Å²) in [6.45, 7) is 3.79. The van der Waals surface area contributed by atoms with Crippen molar-refractivity contribution in [2.24, 2.45) is 0 Å². The zero-order chi connectivity index (χ0) is 20.8. The molecular weight excluding hydrogens is 378 g/mol. The number of rotatable bonds is 1. The van der Waals surface area contributed by atoms with Gasteiger partial charge in [0.1, 0.15) is 11.4 Å². The van der Waals surface area contributed by atoms with Crippen molar-refractivity contribution in [1.29, 1.82) is 0 Å². The monoisotopic (exact) mass is 409 g/mol. The molecule has 6 heteroatoms. The summed E-state index contributed by atoms with van der Waals surface area (Å²) in [5.74, 6) is 0.783. The summed E-state index contributed by atoms with van der Waals surface area (Å²) < 4.78 is 5.94. The van der Waals surface area contributed by atoms with Crippen LogP contribution in [0.5, 0.6) is 5.75 Å². The maximum Gasteiger partial charge on any atom is 0.270 e. The number of benzene rings is 1. The van der Waals surface area contributed by atoms with Crippen LogP contribution in [0.4, 0.5) is 0 Å². The van der Waals surface area contributed by atoms with Crippen molar-refractivity contribution in [3.8, 4) is 5.75 Å². The van der Waals surface area contributed by atoms with E-state index >= 15 is 0 Å². The van der Waals surface area contributed by atoms with E-state index in [1.807, 2.05) is 11.0 Å². The summed E-state index contributed by atoms with van der Waals surface area (Å²) >= 11 is 0. The minimum absolute atomic E-state index is 0.115. The van der Waals surface area contributed by atoms with Crippen LogP contribution in [-0.2, 0) is 6.42 Å². The van der Waals surface area contributed by atoms with Gasteiger partial charge in [0.05, 0.1) is 6.61 Å². The van der Waals surface area contributed by atoms with Crippen LogP contribution >= 0.6 is 0 Å². The van der Waals surface area contributed by atoms with Crippen LogP contribution < -0.4 is 10.3 Å². The van der Waals surface area contributed by atoms with Gasteiger partial charge in [-0.25, -0.2) is 0 Å². The summed E-state index contributed by atoms with van der Waals surface area (Å²) in [6.07, 6.45) is 6.64. The molecule has 3 heterocycles. The second-order valence-corrected chi connectivity index (χ2v) is 8.29. The number of aromatic amines is 1. The van der Waals surface area contributed by atoms with Crippen molar-refractivity contribution in [1.82, 2.24) is 14.8 Å². The zero-order valence-electron chi connectivity index (χ0n) is 17.5. The van der Waals surface area contributed by atoms with E-state index in [9.17, 15) is 9.59 Å². The van der Waals surface area contributed by atoms with Gasteiger partial charge >= 0.3 is 0 Å². The normalized spacial score (nSPS) is 21.2. The predicted octanol–water partition coefficient (Wildman–Crippen LogP) is 3.09. The molecule has 2 aliphatic heterocycles. The van der Waals surface area contributed by atoms with E-state index < -0.39 is 0 Å². The Morgan fingerprint density at radius 3 is 2.77 bits per heavy atom. The van der Waals surface area contributed by atoms with Gasteiger partial charge in [0.25, 0.3) is 5.91 Å². The van der Waals surface area contributed by atoms with Crippen LogP contribution in [0, 0.1) is 0 Å². The number of nitrogens with one attached hydrogen (secondary N) is 1. The third kappa shape index (κ3) is 5.30. The van der Waals surface area contributed by atoms with E-state index in [4.69, 9.17) is 4.74 Å². The second-order valence-electron chi connectivity index (χ2n) is 8.29. The summed E-state index contributed by atoms with van der Waals surface area (Å²) in [5, 5.41) is 0. The summed E-state index contributed by atoms with van der Waals surface area (Å²) in [4.78, 5) is 31.9. The smallest absolute Gasteiger partial charge is 0.270 e. The average molecular weight is 410 g/mol. The number of amides is 1. The molecule has 2 aliphatic rings. The van der Waals surface area contributed by atoms with Crippen molar-refractivity contribution >= 4 is 5.91 Å². The van der Waals surface area contributed by atoms with E-state index in [-0.39, 0.29) is 11.5 Å². The number of nitrogens with zero attached hydrogens (tertiary/aromatic N) is 2. The van der Waals surface area contributed by atoms with Gasteiger partial charge in [0.2, 0.25) is 5.56 Å². The number of hydrogen-bond donors (Lipinski definition) is 1. The van der Waals surface area contributed by atoms with Gasteiger partial charge in [-0.05, 0) is 62.4 Å². The zero-order valence-corrected chi connectivity index (χ0v) is 17.5. The Morgan fingerprint density at radius 1 is 0.967 bits per heavy atom. The molecule has 1 fully saturated rings. The molecular formula is C24H31N3O3. The number of pyridine rings is 1. The largest absolute Gasteiger partial charge is 0.494 e. The topological polar surface area (TPSA) is 65.6 Å². The van der Waals surface area contributed by atoms with Crippen LogP contribution in [0.1, 0.15) is 48.2 Å². The quantitative estimate of drug-likeness (QED) is 0.786. The van der Waals surface area contributed by atoms with Crippen LogP contribution in [0.2, 0.25) is 0 Å². The van der Waals surface area contributed by atoms with Crippen molar-refractivity contribution in [3.63, 3.8) is 0 Å². The number of carbonyl (C=O) groups is 1. The van der Waals surface area contributed by atoms with Crippen LogP contribution in [0.15, 0.2) is 47.3 Å². The molecule has 0 radical (unpaired) electrons. The first-order valence-corrected chi connectivity index (χ1v) is 11.1. The van der Waals surface area contributed by atoms with Gasteiger partial charge in [-0.3, -0.25) is 14.5 Å². The molecule has 6 nitrogen and oxygen atoms in total. The molecule has 1 amide bonds. The van der Waals surface area contributed by atoms with E-state index in [1.165, 1.54) is 30.9 Å². The Bertz CT molecular complexity index is 910. The molecule has 2 aromatic rings. The Balaban J connectivity index is 1.53. The molecule has 160 valence electrons. The molecule has 1 unspecified atom stereocenters. The molecule has 0 saturated carbocycles. The molecule has 4 rings (SSSR count). The highest BCUT2D eigenvalue weighted by atomic mass is 16.5. The van der Waals surface area contributed by atoms with Gasteiger partial charge in [-0.2, -0.15) is 0 Å². The first-order valence-electron chi connectivity index (χ1n) is 11.1. The maximum atomic E-state index is 13.1. The van der Waals surface area contributed by atoms with Crippen molar-refractivity contribution in [3.05, 3.63) is 64.1 Å². The molecule has 2 bridgehead atoms. The number of ether oxygens (including phenoxy) is 1. The van der Waals surface area contributed by atoms with Gasteiger partial charge in [-0.1, -0.05) is 24.6 Å². The maximum absolute atomic E-state index is 13.1. The fourth-order valence-corrected chi connectivity index (χ4v) is 4.56. The predicted molar refractivity (Wildman–Crippen MR) is 117 cm³/mol. The van der Waals surface area contributed by atoms with Crippen molar-refractivity contribution < 1.29 is 9.53 Å². The first-order chi connectivity index (χ1) is 14.7. The lowest BCUT2D eigenvalue weighted by molar-refractivity contribution is 0.0677. The number of aryl methyl sites for hydroxylation is 1. The molecule has 0 spiro atoms. The van der Waals surface area contributed by atoms with Gasteiger partial charge in [-0.15, -0.1) is 0 Å². The highest BCUT2D eigenvalue weighted by molar-refractivity contribution is 5.92. The lowest BCUT2D eigenvalue weighted by atomic mass is 9.95. The Hall–Kier alpha value is -2.60. The van der Waals surface area contributed by atoms with Crippen LogP contribution in [0.3, 0.4) is 0 Å². The minimum Gasteiger partial charge on any atom is -0.494 e. The van der Waals surface area contributed by atoms with E-state index in [1.54, 1.807) is 12.1 Å². The molecule has 0 aliphatic carbocycles. The average Bonchev–Trinajstić information content (AvgIpc) is 2.77. The fraction of sp³-hybridized carbons (Fsp3) is 0.500. The molecule has 30 heavy (non-hydrogen) atoms. The number of piperidine rings is 1. The van der Waals surface area contributed by atoms with Gasteiger partial charge < -0.3 is 14.6 Å². The minimum atomic E-state index is -0.248. The summed E-state index contributed by atoms with van der Waals surface area (Å²) in [7, 11) is 0. The van der Waals surface area contributed by atoms with Gasteiger partial charge in [0.15, 0.2) is 0 Å². The molecule has 1 atom stereocenters. The highest BCUT2D eigenvalue weighted by Gasteiger charge is 2.24. The second kappa shape index (κ2) is 9.94. The summed E-state index contributed by atoms with van der Waals surface area (Å²) in [5.41, 5.74) is 1.44. The summed E-state index contributed by atoms with van der Waals surface area (Å²) in [6, 6.07) is 13.7. The lowest BCUT2D eigenvalue weighted by Gasteiger charge is -2.37. The SMILES string of the molecule is O=C(c1cccc(=O)[nH]1)N1CCCOc2cccc(c2)CCC2CCCCN2CC1. The first kappa shape index (κ1) is 20.7.